The topological polar surface area (TPSA) is 75.7 Å². The summed E-state index contributed by atoms with van der Waals surface area (Å²) in [7, 11) is -3.48. The van der Waals surface area contributed by atoms with Crippen LogP contribution in [-0.2, 0) is 14.8 Å². The number of carbonyl (C=O) groups is 1. The van der Waals surface area contributed by atoms with Crippen LogP contribution in [-0.4, -0.2) is 38.3 Å². The molecule has 1 aromatic carbocycles. The summed E-state index contributed by atoms with van der Waals surface area (Å²) in [4.78, 5) is 13.2. The van der Waals surface area contributed by atoms with Crippen LogP contribution in [0.5, 0.6) is 5.75 Å². The third kappa shape index (κ3) is 2.98. The van der Waals surface area contributed by atoms with Crippen molar-refractivity contribution in [2.24, 2.45) is 17.8 Å². The number of amides is 1. The second kappa shape index (κ2) is 6.37. The van der Waals surface area contributed by atoms with E-state index < -0.39 is 16.1 Å². The molecule has 152 valence electrons. The van der Waals surface area contributed by atoms with Crippen molar-refractivity contribution in [2.75, 3.05) is 16.6 Å². The predicted octanol–water partition coefficient (Wildman–Crippen LogP) is 2.69. The Kier molecular flexibility index (Phi) is 4.16. The van der Waals surface area contributed by atoms with Gasteiger partial charge < -0.3 is 10.1 Å². The monoisotopic (exact) mass is 404 g/mol. The molecule has 1 heterocycles. The third-order valence-corrected chi connectivity index (χ3v) is 8.90. The fourth-order valence-electron chi connectivity index (χ4n) is 6.36. The van der Waals surface area contributed by atoms with Crippen LogP contribution in [0.1, 0.15) is 45.4 Å². The number of benzene rings is 1. The second-order valence-corrected chi connectivity index (χ2v) is 11.4. The maximum atomic E-state index is 13.2. The maximum absolute atomic E-state index is 13.2. The van der Waals surface area contributed by atoms with Crippen LogP contribution in [0.4, 0.5) is 5.69 Å². The van der Waals surface area contributed by atoms with E-state index in [9.17, 15) is 13.2 Å². The van der Waals surface area contributed by atoms with Gasteiger partial charge in [-0.2, -0.15) is 0 Å². The minimum Gasteiger partial charge on any atom is -0.476 e. The number of carbonyl (C=O) groups excluding carboxylic acids is 1. The van der Waals surface area contributed by atoms with Gasteiger partial charge in [0, 0.05) is 5.54 Å². The Morgan fingerprint density at radius 2 is 1.75 bits per heavy atom. The molecule has 5 aliphatic rings. The quantitative estimate of drug-likeness (QED) is 0.837. The Balaban J connectivity index is 1.39. The van der Waals surface area contributed by atoms with E-state index in [-0.39, 0.29) is 23.7 Å². The van der Waals surface area contributed by atoms with Gasteiger partial charge in [0.2, 0.25) is 10.0 Å². The molecule has 1 atom stereocenters. The van der Waals surface area contributed by atoms with E-state index in [1.165, 1.54) is 23.6 Å². The smallest absolute Gasteiger partial charge is 0.263 e. The highest BCUT2D eigenvalue weighted by Crippen LogP contribution is 2.55. The molecule has 1 aliphatic heterocycles. The van der Waals surface area contributed by atoms with Crippen molar-refractivity contribution in [3.05, 3.63) is 24.3 Å². The number of nitrogens with zero attached hydrogens (tertiary/aromatic N) is 1. The first-order valence-corrected chi connectivity index (χ1v) is 12.1. The van der Waals surface area contributed by atoms with Gasteiger partial charge in [0.25, 0.3) is 5.91 Å². The molecule has 6 nitrogen and oxygen atoms in total. The average molecular weight is 405 g/mol. The lowest BCUT2D eigenvalue weighted by Crippen LogP contribution is -2.63. The molecular weight excluding hydrogens is 376 g/mol. The number of para-hydroxylation sites is 2. The van der Waals surface area contributed by atoms with Gasteiger partial charge in [-0.25, -0.2) is 8.42 Å². The first-order chi connectivity index (χ1) is 13.4. The van der Waals surface area contributed by atoms with E-state index in [0.717, 1.165) is 37.0 Å². The highest BCUT2D eigenvalue weighted by atomic mass is 32.2. The van der Waals surface area contributed by atoms with Gasteiger partial charge in [0.05, 0.1) is 18.0 Å². The minimum absolute atomic E-state index is 0.00927. The van der Waals surface area contributed by atoms with Crippen LogP contribution < -0.4 is 14.4 Å². The Labute approximate surface area is 166 Å². The molecule has 0 aromatic heterocycles. The zero-order valence-electron chi connectivity index (χ0n) is 16.3. The molecule has 28 heavy (non-hydrogen) atoms. The van der Waals surface area contributed by atoms with Gasteiger partial charge in [-0.05, 0) is 75.3 Å². The molecule has 4 aliphatic carbocycles. The number of sulfonamides is 1. The first-order valence-electron chi connectivity index (χ1n) is 10.5. The van der Waals surface area contributed by atoms with Crippen LogP contribution in [0.15, 0.2) is 24.3 Å². The van der Waals surface area contributed by atoms with E-state index >= 15 is 0 Å². The number of fused-ring (bicyclic) bond motifs is 1. The summed E-state index contributed by atoms with van der Waals surface area (Å²) in [6.07, 6.45) is 6.30. The zero-order chi connectivity index (χ0) is 19.5. The highest BCUT2D eigenvalue weighted by molar-refractivity contribution is 7.92. The number of rotatable bonds is 4. The van der Waals surface area contributed by atoms with Gasteiger partial charge in [-0.1, -0.05) is 12.1 Å². The van der Waals surface area contributed by atoms with Crippen molar-refractivity contribution in [3.63, 3.8) is 0 Å². The lowest BCUT2D eigenvalue weighted by molar-refractivity contribution is -0.133. The van der Waals surface area contributed by atoms with Gasteiger partial charge in [-0.3, -0.25) is 9.10 Å². The average Bonchev–Trinajstić information content (AvgIpc) is 2.65. The van der Waals surface area contributed by atoms with Gasteiger partial charge >= 0.3 is 0 Å². The molecule has 4 bridgehead atoms. The second-order valence-electron chi connectivity index (χ2n) is 9.19. The van der Waals surface area contributed by atoms with Crippen molar-refractivity contribution in [1.29, 1.82) is 0 Å². The summed E-state index contributed by atoms with van der Waals surface area (Å²) in [6.45, 7) is 1.66. The van der Waals surface area contributed by atoms with Crippen LogP contribution in [0.3, 0.4) is 0 Å². The maximum Gasteiger partial charge on any atom is 0.263 e. The van der Waals surface area contributed by atoms with Crippen molar-refractivity contribution < 1.29 is 17.9 Å². The fraction of sp³-hybridized carbons (Fsp3) is 0.667. The van der Waals surface area contributed by atoms with Gasteiger partial charge in [0.15, 0.2) is 6.10 Å². The summed E-state index contributed by atoms with van der Waals surface area (Å²) in [5.74, 6) is 2.47. The third-order valence-electron chi connectivity index (χ3n) is 7.15. The first kappa shape index (κ1) is 18.3. The lowest BCUT2D eigenvalue weighted by atomic mass is 9.53. The fourth-order valence-corrected chi connectivity index (χ4v) is 7.49. The molecule has 1 aromatic rings. The number of hydrogen-bond acceptors (Lipinski definition) is 4. The standard InChI is InChI=1S/C21H28N2O4S/c1-2-28(25,26)23-13-19(27-18-6-4-3-5-17(18)23)20(24)22-21-10-14-7-15(11-21)9-16(8-14)12-21/h3-6,14-16,19H,2,7-13H2,1H3,(H,22,24). The van der Waals surface area contributed by atoms with Crippen LogP contribution >= 0.6 is 0 Å². The Morgan fingerprint density at radius 3 is 2.36 bits per heavy atom. The molecule has 7 heteroatoms. The SMILES string of the molecule is CCS(=O)(=O)N1CC(C(=O)NC23CC4CC(CC(C4)C2)C3)Oc2ccccc21. The molecule has 4 saturated carbocycles. The molecule has 4 fully saturated rings. The molecule has 1 N–H and O–H groups in total. The Hall–Kier alpha value is -1.76. The summed E-state index contributed by atoms with van der Waals surface area (Å²) < 4.78 is 32.6. The zero-order valence-corrected chi connectivity index (χ0v) is 17.1. The van der Waals surface area contributed by atoms with Crippen molar-refractivity contribution >= 4 is 21.6 Å². The number of hydrogen-bond donors (Lipinski definition) is 1. The number of anilines is 1. The van der Waals surface area contributed by atoms with Crippen molar-refractivity contribution in [2.45, 2.75) is 57.1 Å². The molecule has 0 spiro atoms. The van der Waals surface area contributed by atoms with Gasteiger partial charge in [0.1, 0.15) is 5.75 Å². The largest absolute Gasteiger partial charge is 0.476 e. The summed E-state index contributed by atoms with van der Waals surface area (Å²) in [5.41, 5.74) is 0.406. The summed E-state index contributed by atoms with van der Waals surface area (Å²) in [5, 5.41) is 3.33. The van der Waals surface area contributed by atoms with Crippen molar-refractivity contribution in [1.82, 2.24) is 5.32 Å². The molecule has 0 radical (unpaired) electrons. The van der Waals surface area contributed by atoms with Gasteiger partial charge in [-0.15, -0.1) is 0 Å². The van der Waals surface area contributed by atoms with E-state index in [1.54, 1.807) is 31.2 Å². The minimum atomic E-state index is -3.48. The van der Waals surface area contributed by atoms with Crippen LogP contribution in [0.2, 0.25) is 0 Å². The van der Waals surface area contributed by atoms with Crippen molar-refractivity contribution in [3.8, 4) is 5.75 Å². The lowest BCUT2D eigenvalue weighted by Gasteiger charge is -2.57. The predicted molar refractivity (Wildman–Crippen MR) is 107 cm³/mol. The van der Waals surface area contributed by atoms with E-state index in [2.05, 4.69) is 5.32 Å². The van der Waals surface area contributed by atoms with E-state index in [0.29, 0.717) is 11.4 Å². The molecule has 6 rings (SSSR count). The molecule has 0 saturated heterocycles. The van der Waals surface area contributed by atoms with Crippen LogP contribution in [0, 0.1) is 17.8 Å². The van der Waals surface area contributed by atoms with Crippen LogP contribution in [0.25, 0.3) is 0 Å². The molecular formula is C21H28N2O4S. The summed E-state index contributed by atoms with van der Waals surface area (Å²) >= 11 is 0. The summed E-state index contributed by atoms with van der Waals surface area (Å²) in [6, 6.07) is 7.05. The van der Waals surface area contributed by atoms with E-state index in [4.69, 9.17) is 4.74 Å². The van der Waals surface area contributed by atoms with E-state index in [1.807, 2.05) is 0 Å². The Morgan fingerprint density at radius 1 is 1.14 bits per heavy atom. The normalized spacial score (nSPS) is 36.0. The number of ether oxygens (including phenoxy) is 1. The highest BCUT2D eigenvalue weighted by Gasteiger charge is 2.52. The Bertz CT molecular complexity index is 862. The molecule has 1 amide bonds. The molecule has 1 unspecified atom stereocenters. The number of nitrogens with one attached hydrogen (secondary N) is 1.